The van der Waals surface area contributed by atoms with E-state index in [1.54, 1.807) is 24.5 Å². The van der Waals surface area contributed by atoms with Gasteiger partial charge in [-0.25, -0.2) is 0 Å². The molecule has 0 saturated carbocycles. The highest BCUT2D eigenvalue weighted by Crippen LogP contribution is 2.23. The van der Waals surface area contributed by atoms with Crippen molar-refractivity contribution < 1.29 is 9.53 Å². The predicted molar refractivity (Wildman–Crippen MR) is 109 cm³/mol. The Morgan fingerprint density at radius 1 is 1.12 bits per heavy atom. The second-order valence-corrected chi connectivity index (χ2v) is 7.27. The summed E-state index contributed by atoms with van der Waals surface area (Å²) in [6, 6.07) is 19.9. The molecule has 2 nitrogen and oxygen atoms in total. The molecule has 4 heteroatoms. The molecule has 0 aliphatic carbocycles. The number of carbonyl (C=O) groups is 1. The first-order chi connectivity index (χ1) is 12.7. The number of hydrogen-bond donors (Lipinski definition) is 0. The lowest BCUT2D eigenvalue weighted by atomic mass is 10.1. The number of rotatable bonds is 7. The first kappa shape index (κ1) is 18.4. The van der Waals surface area contributed by atoms with Crippen molar-refractivity contribution in [1.82, 2.24) is 0 Å². The summed E-state index contributed by atoms with van der Waals surface area (Å²) in [7, 11) is 1.62. The Hall–Kier alpha value is -2.36. The second-order valence-electron chi connectivity index (χ2n) is 5.83. The number of hydrogen-bond acceptors (Lipinski definition) is 3. The SMILES string of the molecule is COc1ccc(/C=C/C(=O)c2ccc(Cc3ccccc3)s2)cc1CCl. The molecule has 0 spiro atoms. The van der Waals surface area contributed by atoms with Crippen molar-refractivity contribution in [3.63, 3.8) is 0 Å². The number of allylic oxidation sites excluding steroid dienone is 1. The van der Waals surface area contributed by atoms with E-state index in [-0.39, 0.29) is 5.78 Å². The molecule has 3 rings (SSSR count). The van der Waals surface area contributed by atoms with E-state index in [1.807, 2.05) is 54.6 Å². The fraction of sp³-hybridized carbons (Fsp3) is 0.136. The van der Waals surface area contributed by atoms with Gasteiger partial charge in [-0.15, -0.1) is 22.9 Å². The van der Waals surface area contributed by atoms with E-state index >= 15 is 0 Å². The van der Waals surface area contributed by atoms with Crippen LogP contribution in [0.15, 0.2) is 66.7 Å². The normalized spacial score (nSPS) is 11.0. The van der Waals surface area contributed by atoms with Crippen molar-refractivity contribution in [1.29, 1.82) is 0 Å². The highest BCUT2D eigenvalue weighted by Gasteiger charge is 2.07. The second kappa shape index (κ2) is 8.84. The van der Waals surface area contributed by atoms with Gasteiger partial charge in [-0.1, -0.05) is 42.5 Å². The molecule has 0 saturated heterocycles. The van der Waals surface area contributed by atoms with Crippen LogP contribution < -0.4 is 4.74 Å². The van der Waals surface area contributed by atoms with Crippen LogP contribution in [0.1, 0.15) is 31.2 Å². The van der Waals surface area contributed by atoms with Crippen molar-refractivity contribution in [2.24, 2.45) is 0 Å². The van der Waals surface area contributed by atoms with Gasteiger partial charge < -0.3 is 4.74 Å². The van der Waals surface area contributed by atoms with Crippen molar-refractivity contribution in [2.75, 3.05) is 7.11 Å². The number of benzene rings is 2. The molecule has 0 bridgehead atoms. The highest BCUT2D eigenvalue weighted by atomic mass is 35.5. The zero-order chi connectivity index (χ0) is 18.4. The molecule has 132 valence electrons. The maximum absolute atomic E-state index is 12.4. The maximum atomic E-state index is 12.4. The van der Waals surface area contributed by atoms with Gasteiger partial charge in [-0.3, -0.25) is 4.79 Å². The third kappa shape index (κ3) is 4.63. The summed E-state index contributed by atoms with van der Waals surface area (Å²) in [5.41, 5.74) is 3.08. The standard InChI is InChI=1S/C22H19ClO2S/c1-25-21-11-8-17(13-18(21)15-23)7-10-20(24)22-12-9-19(26-22)14-16-5-3-2-4-6-16/h2-13H,14-15H2,1H3/b10-7+. The first-order valence-electron chi connectivity index (χ1n) is 8.27. The number of thiophene rings is 1. The Morgan fingerprint density at radius 3 is 2.65 bits per heavy atom. The number of ether oxygens (including phenoxy) is 1. The van der Waals surface area contributed by atoms with Gasteiger partial charge in [0.25, 0.3) is 0 Å². The number of halogens is 1. The van der Waals surface area contributed by atoms with Gasteiger partial charge in [0.1, 0.15) is 5.75 Å². The van der Waals surface area contributed by atoms with Crippen LogP contribution in [-0.2, 0) is 12.3 Å². The van der Waals surface area contributed by atoms with E-state index in [4.69, 9.17) is 16.3 Å². The lowest BCUT2D eigenvalue weighted by molar-refractivity contribution is 0.105. The molecule has 0 unspecified atom stereocenters. The lowest BCUT2D eigenvalue weighted by Gasteiger charge is -2.06. The zero-order valence-electron chi connectivity index (χ0n) is 14.4. The van der Waals surface area contributed by atoms with Gasteiger partial charge in [0.05, 0.1) is 17.9 Å². The molecular formula is C22H19ClO2S. The van der Waals surface area contributed by atoms with Crippen LogP contribution in [-0.4, -0.2) is 12.9 Å². The highest BCUT2D eigenvalue weighted by molar-refractivity contribution is 7.14. The molecule has 0 radical (unpaired) electrons. The number of methoxy groups -OCH3 is 1. The van der Waals surface area contributed by atoms with Crippen LogP contribution in [0, 0.1) is 0 Å². The van der Waals surface area contributed by atoms with Gasteiger partial charge in [0.15, 0.2) is 5.78 Å². The fourth-order valence-electron chi connectivity index (χ4n) is 2.66. The fourth-order valence-corrected chi connectivity index (χ4v) is 3.83. The summed E-state index contributed by atoms with van der Waals surface area (Å²) in [6.45, 7) is 0. The number of alkyl halides is 1. The van der Waals surface area contributed by atoms with E-state index in [0.29, 0.717) is 5.88 Å². The van der Waals surface area contributed by atoms with Gasteiger partial charge in [0.2, 0.25) is 0 Å². The zero-order valence-corrected chi connectivity index (χ0v) is 16.0. The van der Waals surface area contributed by atoms with E-state index in [9.17, 15) is 4.79 Å². The van der Waals surface area contributed by atoms with Crippen molar-refractivity contribution in [3.05, 3.63) is 93.2 Å². The minimum atomic E-state index is 0.0116. The van der Waals surface area contributed by atoms with Gasteiger partial charge >= 0.3 is 0 Å². The molecule has 0 aliphatic heterocycles. The molecular weight excluding hydrogens is 364 g/mol. The molecule has 0 aliphatic rings. The van der Waals surface area contributed by atoms with Gasteiger partial charge in [-0.05, 0) is 41.5 Å². The Bertz CT molecular complexity index is 913. The quantitative estimate of drug-likeness (QED) is 0.285. The number of ketones is 1. The Labute approximate surface area is 162 Å². The Balaban J connectivity index is 1.69. The topological polar surface area (TPSA) is 26.3 Å². The third-order valence-electron chi connectivity index (χ3n) is 4.00. The average Bonchev–Trinajstić information content (AvgIpc) is 3.15. The van der Waals surface area contributed by atoms with Gasteiger partial charge in [-0.2, -0.15) is 0 Å². The van der Waals surface area contributed by atoms with E-state index in [2.05, 4.69) is 12.1 Å². The van der Waals surface area contributed by atoms with Crippen LogP contribution in [0.3, 0.4) is 0 Å². The van der Waals surface area contributed by atoms with E-state index in [1.165, 1.54) is 10.4 Å². The van der Waals surface area contributed by atoms with Crippen LogP contribution in [0.5, 0.6) is 5.75 Å². The predicted octanol–water partition coefficient (Wildman–Crippen LogP) is 5.98. The summed E-state index contributed by atoms with van der Waals surface area (Å²) in [6.07, 6.45) is 4.27. The summed E-state index contributed by atoms with van der Waals surface area (Å²) >= 11 is 7.48. The van der Waals surface area contributed by atoms with Crippen LogP contribution in [0.4, 0.5) is 0 Å². The summed E-state index contributed by atoms with van der Waals surface area (Å²) in [5, 5.41) is 0. The molecule has 0 amide bonds. The maximum Gasteiger partial charge on any atom is 0.195 e. The van der Waals surface area contributed by atoms with Crippen molar-refractivity contribution in [3.8, 4) is 5.75 Å². The molecule has 3 aromatic rings. The van der Waals surface area contributed by atoms with Crippen molar-refractivity contribution in [2.45, 2.75) is 12.3 Å². The van der Waals surface area contributed by atoms with E-state index in [0.717, 1.165) is 28.2 Å². The third-order valence-corrected chi connectivity index (χ3v) is 5.39. The summed E-state index contributed by atoms with van der Waals surface area (Å²) < 4.78 is 5.26. The van der Waals surface area contributed by atoms with Gasteiger partial charge in [0, 0.05) is 16.9 Å². The molecule has 0 fully saturated rings. The number of carbonyl (C=O) groups excluding carboxylic acids is 1. The summed E-state index contributed by atoms with van der Waals surface area (Å²) in [4.78, 5) is 14.4. The molecule has 0 N–H and O–H groups in total. The summed E-state index contributed by atoms with van der Waals surface area (Å²) in [5.74, 6) is 1.14. The van der Waals surface area contributed by atoms with E-state index < -0.39 is 0 Å². The largest absolute Gasteiger partial charge is 0.496 e. The Morgan fingerprint density at radius 2 is 1.92 bits per heavy atom. The smallest absolute Gasteiger partial charge is 0.195 e. The van der Waals surface area contributed by atoms with Crippen molar-refractivity contribution >= 4 is 34.8 Å². The monoisotopic (exact) mass is 382 g/mol. The average molecular weight is 383 g/mol. The minimum Gasteiger partial charge on any atom is -0.496 e. The van der Waals surface area contributed by atoms with Crippen LogP contribution >= 0.6 is 22.9 Å². The van der Waals surface area contributed by atoms with Crippen LogP contribution in [0.25, 0.3) is 6.08 Å². The minimum absolute atomic E-state index is 0.0116. The first-order valence-corrected chi connectivity index (χ1v) is 9.62. The molecule has 2 aromatic carbocycles. The van der Waals surface area contributed by atoms with Crippen LogP contribution in [0.2, 0.25) is 0 Å². The molecule has 0 atom stereocenters. The lowest BCUT2D eigenvalue weighted by Crippen LogP contribution is -1.91. The molecule has 1 aromatic heterocycles. The molecule has 1 heterocycles. The molecule has 26 heavy (non-hydrogen) atoms. The Kier molecular flexibility index (Phi) is 6.26.